The average Bonchev–Trinajstić information content (AvgIpc) is 1.93. The lowest BCUT2D eigenvalue weighted by Gasteiger charge is -2.39. The maximum absolute atomic E-state index is 5.92. The van der Waals surface area contributed by atoms with E-state index in [1.165, 1.54) is 19.5 Å². The smallest absolute Gasteiger partial charge is 0.00819 e. The third kappa shape index (κ3) is 3.65. The zero-order valence-corrected chi connectivity index (χ0v) is 9.51. The highest BCUT2D eigenvalue weighted by Gasteiger charge is 2.26. The quantitative estimate of drug-likeness (QED) is 0.674. The zero-order chi connectivity index (χ0) is 10.1. The van der Waals surface area contributed by atoms with Crippen molar-refractivity contribution in [1.29, 1.82) is 0 Å². The van der Waals surface area contributed by atoms with Gasteiger partial charge in [-0.2, -0.15) is 0 Å². The number of piperidine rings is 1. The summed E-state index contributed by atoms with van der Waals surface area (Å²) in [6.07, 6.45) is 2.33. The van der Waals surface area contributed by atoms with Gasteiger partial charge < -0.3 is 10.6 Å². The van der Waals surface area contributed by atoms with Crippen LogP contribution in [0.5, 0.6) is 0 Å². The van der Waals surface area contributed by atoms with Crippen molar-refractivity contribution in [2.24, 2.45) is 11.1 Å². The van der Waals surface area contributed by atoms with E-state index >= 15 is 0 Å². The number of nitrogens with two attached hydrogens (primary N) is 1. The Morgan fingerprint density at radius 1 is 1.38 bits per heavy atom. The summed E-state index contributed by atoms with van der Waals surface area (Å²) in [7, 11) is 0. The molecular weight excluding hydrogens is 160 g/mol. The maximum Gasteiger partial charge on any atom is 0.00819 e. The molecule has 0 aromatic rings. The monoisotopic (exact) mass is 184 g/mol. The molecule has 2 atom stereocenters. The summed E-state index contributed by atoms with van der Waals surface area (Å²) in [6.45, 7) is 11.6. The summed E-state index contributed by atoms with van der Waals surface area (Å²) in [5.74, 6) is 0. The minimum Gasteiger partial charge on any atom is -0.328 e. The van der Waals surface area contributed by atoms with Crippen LogP contribution in [0.3, 0.4) is 0 Å². The second-order valence-corrected chi connectivity index (χ2v) is 5.66. The Morgan fingerprint density at radius 3 is 2.46 bits per heavy atom. The van der Waals surface area contributed by atoms with Gasteiger partial charge in [-0.15, -0.1) is 0 Å². The van der Waals surface area contributed by atoms with Crippen molar-refractivity contribution in [3.63, 3.8) is 0 Å². The second-order valence-electron chi connectivity index (χ2n) is 5.66. The predicted molar refractivity (Wildman–Crippen MR) is 57.7 cm³/mol. The SMILES string of the molecule is CC1CC(N)CCN1CC(C)(C)C. The summed E-state index contributed by atoms with van der Waals surface area (Å²) in [4.78, 5) is 2.57. The highest BCUT2D eigenvalue weighted by atomic mass is 15.2. The molecule has 13 heavy (non-hydrogen) atoms. The molecule has 0 saturated carbocycles. The minimum atomic E-state index is 0.412. The molecule has 1 aliphatic rings. The molecule has 1 aliphatic heterocycles. The summed E-state index contributed by atoms with van der Waals surface area (Å²) in [5.41, 5.74) is 6.34. The van der Waals surface area contributed by atoms with Crippen molar-refractivity contribution in [1.82, 2.24) is 4.90 Å². The van der Waals surface area contributed by atoms with Crippen LogP contribution in [0.25, 0.3) is 0 Å². The lowest BCUT2D eigenvalue weighted by atomic mass is 9.92. The van der Waals surface area contributed by atoms with E-state index in [-0.39, 0.29) is 0 Å². The van der Waals surface area contributed by atoms with Crippen LogP contribution < -0.4 is 5.73 Å². The van der Waals surface area contributed by atoms with Crippen molar-refractivity contribution in [2.75, 3.05) is 13.1 Å². The maximum atomic E-state index is 5.92. The summed E-state index contributed by atoms with van der Waals surface area (Å²) in [6, 6.07) is 1.11. The largest absolute Gasteiger partial charge is 0.328 e. The molecule has 0 radical (unpaired) electrons. The first-order valence-electron chi connectivity index (χ1n) is 5.38. The van der Waals surface area contributed by atoms with Gasteiger partial charge in [0.1, 0.15) is 0 Å². The molecule has 1 rings (SSSR count). The first-order chi connectivity index (χ1) is 5.88. The molecule has 1 fully saturated rings. The van der Waals surface area contributed by atoms with Gasteiger partial charge in [0.25, 0.3) is 0 Å². The topological polar surface area (TPSA) is 29.3 Å². The molecule has 0 aliphatic carbocycles. The highest BCUT2D eigenvalue weighted by Crippen LogP contribution is 2.22. The highest BCUT2D eigenvalue weighted by molar-refractivity contribution is 4.83. The number of hydrogen-bond donors (Lipinski definition) is 1. The molecule has 0 spiro atoms. The van der Waals surface area contributed by atoms with Crippen molar-refractivity contribution in [3.05, 3.63) is 0 Å². The number of hydrogen-bond acceptors (Lipinski definition) is 2. The average molecular weight is 184 g/mol. The lowest BCUT2D eigenvalue weighted by molar-refractivity contribution is 0.104. The molecule has 2 N–H and O–H groups in total. The summed E-state index contributed by atoms with van der Waals surface area (Å²) in [5, 5.41) is 0. The van der Waals surface area contributed by atoms with Gasteiger partial charge in [-0.3, -0.25) is 0 Å². The molecule has 2 nitrogen and oxygen atoms in total. The second kappa shape index (κ2) is 3.97. The van der Waals surface area contributed by atoms with Gasteiger partial charge in [-0.1, -0.05) is 20.8 Å². The number of rotatable bonds is 1. The molecule has 0 aromatic heterocycles. The van der Waals surface area contributed by atoms with E-state index in [1.807, 2.05) is 0 Å². The minimum absolute atomic E-state index is 0.412. The lowest BCUT2D eigenvalue weighted by Crippen LogP contribution is -2.48. The fraction of sp³-hybridized carbons (Fsp3) is 1.00. The first-order valence-corrected chi connectivity index (χ1v) is 5.38. The predicted octanol–water partition coefficient (Wildman–Crippen LogP) is 1.84. The van der Waals surface area contributed by atoms with Crippen LogP contribution in [0.15, 0.2) is 0 Å². The van der Waals surface area contributed by atoms with Gasteiger partial charge in [0, 0.05) is 18.6 Å². The Bertz CT molecular complexity index is 160. The number of likely N-dealkylation sites (tertiary alicyclic amines) is 1. The van der Waals surface area contributed by atoms with Crippen molar-refractivity contribution < 1.29 is 0 Å². The Kier molecular flexibility index (Phi) is 3.36. The van der Waals surface area contributed by atoms with Crippen LogP contribution in [0, 0.1) is 5.41 Å². The van der Waals surface area contributed by atoms with Gasteiger partial charge in [-0.25, -0.2) is 0 Å². The van der Waals surface area contributed by atoms with E-state index in [4.69, 9.17) is 5.73 Å². The van der Waals surface area contributed by atoms with E-state index < -0.39 is 0 Å². The first kappa shape index (κ1) is 11.0. The van der Waals surface area contributed by atoms with Crippen molar-refractivity contribution in [2.45, 2.75) is 52.6 Å². The molecule has 0 aromatic carbocycles. The van der Waals surface area contributed by atoms with Crippen molar-refractivity contribution in [3.8, 4) is 0 Å². The molecule has 0 amide bonds. The van der Waals surface area contributed by atoms with Gasteiger partial charge in [0.2, 0.25) is 0 Å². The fourth-order valence-corrected chi connectivity index (χ4v) is 2.10. The van der Waals surface area contributed by atoms with Gasteiger partial charge in [0.05, 0.1) is 0 Å². The van der Waals surface area contributed by atoms with Crippen molar-refractivity contribution >= 4 is 0 Å². The molecular formula is C11H24N2. The molecule has 1 saturated heterocycles. The molecule has 2 heteroatoms. The van der Waals surface area contributed by atoms with E-state index in [0.29, 0.717) is 17.5 Å². The van der Waals surface area contributed by atoms with Gasteiger partial charge >= 0.3 is 0 Å². The number of nitrogens with zero attached hydrogens (tertiary/aromatic N) is 1. The molecule has 2 unspecified atom stereocenters. The van der Waals surface area contributed by atoms with E-state index in [1.54, 1.807) is 0 Å². The van der Waals surface area contributed by atoms with Gasteiger partial charge in [-0.05, 0) is 31.7 Å². The molecule has 1 heterocycles. The Balaban J connectivity index is 2.43. The van der Waals surface area contributed by atoms with Gasteiger partial charge in [0.15, 0.2) is 0 Å². The Labute approximate surface area is 82.5 Å². The van der Waals surface area contributed by atoms with Crippen LogP contribution in [-0.2, 0) is 0 Å². The Hall–Kier alpha value is -0.0800. The standard InChI is InChI=1S/C11H24N2/c1-9-7-10(12)5-6-13(9)8-11(2,3)4/h9-10H,5-8,12H2,1-4H3. The third-order valence-electron chi connectivity index (χ3n) is 2.73. The molecule has 78 valence electrons. The Morgan fingerprint density at radius 2 is 2.00 bits per heavy atom. The zero-order valence-electron chi connectivity index (χ0n) is 9.51. The third-order valence-corrected chi connectivity index (χ3v) is 2.73. The van der Waals surface area contributed by atoms with Crippen LogP contribution >= 0.6 is 0 Å². The van der Waals surface area contributed by atoms with E-state index in [9.17, 15) is 0 Å². The molecule has 0 bridgehead atoms. The summed E-state index contributed by atoms with van der Waals surface area (Å²) >= 11 is 0. The fourth-order valence-electron chi connectivity index (χ4n) is 2.10. The van der Waals surface area contributed by atoms with E-state index in [0.717, 1.165) is 6.42 Å². The van der Waals surface area contributed by atoms with E-state index in [2.05, 4.69) is 32.6 Å². The van der Waals surface area contributed by atoms with Crippen LogP contribution in [-0.4, -0.2) is 30.1 Å². The summed E-state index contributed by atoms with van der Waals surface area (Å²) < 4.78 is 0. The normalized spacial score (nSPS) is 32.1. The van der Waals surface area contributed by atoms with Crippen LogP contribution in [0.4, 0.5) is 0 Å². The van der Waals surface area contributed by atoms with Crippen LogP contribution in [0.2, 0.25) is 0 Å². The van der Waals surface area contributed by atoms with Crippen LogP contribution in [0.1, 0.15) is 40.5 Å².